The zero-order chi connectivity index (χ0) is 14.6. The van der Waals surface area contributed by atoms with Crippen LogP contribution >= 0.6 is 0 Å². The van der Waals surface area contributed by atoms with Crippen LogP contribution in [0.4, 0.5) is 5.69 Å². The van der Waals surface area contributed by atoms with Crippen molar-refractivity contribution in [1.82, 2.24) is 15.1 Å². The first-order valence-electron chi connectivity index (χ1n) is 7.37. The Balaban J connectivity index is 1.99. The molecule has 6 heteroatoms. The molecule has 0 aromatic carbocycles. The predicted octanol–water partition coefficient (Wildman–Crippen LogP) is 1.30. The number of nitrogens with two attached hydrogens (primary N) is 1. The number of nitrogens with one attached hydrogen (secondary N) is 1. The molecule has 1 amide bonds. The maximum Gasteiger partial charge on any atom is 0.271 e. The fraction of sp³-hybridized carbons (Fsp3) is 0.714. The van der Waals surface area contributed by atoms with Crippen molar-refractivity contribution < 1.29 is 9.90 Å². The smallest absolute Gasteiger partial charge is 0.271 e. The first-order valence-corrected chi connectivity index (χ1v) is 7.37. The summed E-state index contributed by atoms with van der Waals surface area (Å²) in [7, 11) is 0. The van der Waals surface area contributed by atoms with Gasteiger partial charge in [0.25, 0.3) is 5.91 Å². The molecule has 0 unspecified atom stereocenters. The van der Waals surface area contributed by atoms with Crippen LogP contribution in [0.25, 0.3) is 0 Å². The van der Waals surface area contributed by atoms with Gasteiger partial charge in [0.15, 0.2) is 0 Å². The molecule has 4 N–H and O–H groups in total. The van der Waals surface area contributed by atoms with E-state index in [-0.39, 0.29) is 12.5 Å². The topological polar surface area (TPSA) is 93.2 Å². The Morgan fingerprint density at radius 2 is 2.10 bits per heavy atom. The summed E-state index contributed by atoms with van der Waals surface area (Å²) in [5.41, 5.74) is 5.75. The second-order valence-corrected chi connectivity index (χ2v) is 5.59. The average molecular weight is 280 g/mol. The molecule has 0 saturated heterocycles. The summed E-state index contributed by atoms with van der Waals surface area (Å²) < 4.78 is 1.57. The third-order valence-electron chi connectivity index (χ3n) is 3.99. The lowest BCUT2D eigenvalue weighted by Crippen LogP contribution is -2.43. The fourth-order valence-corrected chi connectivity index (χ4v) is 2.78. The van der Waals surface area contributed by atoms with Gasteiger partial charge < -0.3 is 16.2 Å². The molecular weight excluding hydrogens is 256 g/mol. The molecule has 20 heavy (non-hydrogen) atoms. The monoisotopic (exact) mass is 280 g/mol. The summed E-state index contributed by atoms with van der Waals surface area (Å²) >= 11 is 0. The number of nitrogens with zero attached hydrogens (tertiary/aromatic N) is 2. The number of hydrogen-bond donors (Lipinski definition) is 3. The van der Waals surface area contributed by atoms with E-state index in [1.165, 1.54) is 6.20 Å². The van der Waals surface area contributed by atoms with Gasteiger partial charge in [0.1, 0.15) is 5.69 Å². The van der Waals surface area contributed by atoms with Crippen molar-refractivity contribution in [3.63, 3.8) is 0 Å². The summed E-state index contributed by atoms with van der Waals surface area (Å²) in [6.45, 7) is 2.77. The minimum absolute atomic E-state index is 0.264. The molecule has 1 fully saturated rings. The zero-order valence-corrected chi connectivity index (χ0v) is 12.1. The molecule has 1 saturated carbocycles. The number of nitrogen functional groups attached to an aromatic ring is 1. The first-order chi connectivity index (χ1) is 9.56. The highest BCUT2D eigenvalue weighted by Crippen LogP contribution is 2.26. The normalized spacial score (nSPS) is 18.5. The van der Waals surface area contributed by atoms with Crippen molar-refractivity contribution >= 4 is 11.6 Å². The van der Waals surface area contributed by atoms with Crippen molar-refractivity contribution in [2.45, 2.75) is 57.6 Å². The van der Waals surface area contributed by atoms with Crippen LogP contribution in [0.5, 0.6) is 0 Å². The standard InChI is InChI=1S/C14H24N4O2/c1-2-18-12(11(15)9-17-18)13(19)16-10-14(20)7-5-3-4-6-8-14/h9,20H,2-8,10,15H2,1H3,(H,16,19). The minimum Gasteiger partial charge on any atom is -0.396 e. The van der Waals surface area contributed by atoms with Crippen LogP contribution in [-0.2, 0) is 6.54 Å². The number of amides is 1. The molecule has 6 nitrogen and oxygen atoms in total. The van der Waals surface area contributed by atoms with Crippen LogP contribution in [0.15, 0.2) is 6.20 Å². The second-order valence-electron chi connectivity index (χ2n) is 5.59. The predicted molar refractivity (Wildman–Crippen MR) is 77.3 cm³/mol. The Bertz CT molecular complexity index is 462. The van der Waals surface area contributed by atoms with Crippen molar-refractivity contribution in [3.05, 3.63) is 11.9 Å². The first kappa shape index (κ1) is 14.8. The number of aryl methyl sites for hydroxylation is 1. The molecule has 1 aromatic rings. The number of aromatic nitrogens is 2. The minimum atomic E-state index is -0.780. The highest BCUT2D eigenvalue weighted by atomic mass is 16.3. The zero-order valence-electron chi connectivity index (χ0n) is 12.1. The van der Waals surface area contributed by atoms with Gasteiger partial charge in [-0.2, -0.15) is 5.10 Å². The van der Waals surface area contributed by atoms with E-state index in [0.29, 0.717) is 17.9 Å². The number of carbonyl (C=O) groups excluding carboxylic acids is 1. The van der Waals surface area contributed by atoms with Crippen molar-refractivity contribution in [3.8, 4) is 0 Å². The second kappa shape index (κ2) is 6.26. The van der Waals surface area contributed by atoms with E-state index in [1.807, 2.05) is 6.92 Å². The van der Waals surface area contributed by atoms with Gasteiger partial charge in [-0.05, 0) is 19.8 Å². The Kier molecular flexibility index (Phi) is 4.65. The molecule has 0 bridgehead atoms. The van der Waals surface area contributed by atoms with E-state index in [1.54, 1.807) is 4.68 Å². The summed E-state index contributed by atoms with van der Waals surface area (Å²) in [5.74, 6) is -0.264. The van der Waals surface area contributed by atoms with E-state index in [2.05, 4.69) is 10.4 Å². The quantitative estimate of drug-likeness (QED) is 0.725. The third kappa shape index (κ3) is 3.30. The van der Waals surface area contributed by atoms with E-state index in [0.717, 1.165) is 38.5 Å². The largest absolute Gasteiger partial charge is 0.396 e. The third-order valence-corrected chi connectivity index (χ3v) is 3.99. The molecule has 0 aliphatic heterocycles. The lowest BCUT2D eigenvalue weighted by molar-refractivity contribution is 0.0245. The molecule has 2 rings (SSSR count). The molecule has 112 valence electrons. The summed E-state index contributed by atoms with van der Waals surface area (Å²) in [6, 6.07) is 0. The van der Waals surface area contributed by atoms with E-state index < -0.39 is 5.60 Å². The van der Waals surface area contributed by atoms with Crippen LogP contribution in [0.1, 0.15) is 55.9 Å². The molecular formula is C14H24N4O2. The van der Waals surface area contributed by atoms with Gasteiger partial charge in [0, 0.05) is 13.1 Å². The molecule has 1 aliphatic carbocycles. The lowest BCUT2D eigenvalue weighted by Gasteiger charge is -2.26. The van der Waals surface area contributed by atoms with Crippen molar-refractivity contribution in [2.24, 2.45) is 0 Å². The molecule has 1 aromatic heterocycles. The maximum absolute atomic E-state index is 12.2. The summed E-state index contributed by atoms with van der Waals surface area (Å²) in [5, 5.41) is 17.4. The van der Waals surface area contributed by atoms with Gasteiger partial charge in [-0.15, -0.1) is 0 Å². The Hall–Kier alpha value is -1.56. The van der Waals surface area contributed by atoms with Crippen LogP contribution in [0, 0.1) is 0 Å². The van der Waals surface area contributed by atoms with Crippen molar-refractivity contribution in [2.75, 3.05) is 12.3 Å². The molecule has 1 heterocycles. The van der Waals surface area contributed by atoms with Crippen molar-refractivity contribution in [1.29, 1.82) is 0 Å². The SMILES string of the molecule is CCn1ncc(N)c1C(=O)NCC1(O)CCCCCC1. The number of anilines is 1. The van der Waals surface area contributed by atoms with Gasteiger partial charge in [-0.3, -0.25) is 9.48 Å². The van der Waals surface area contributed by atoms with E-state index in [4.69, 9.17) is 5.73 Å². The van der Waals surface area contributed by atoms with Gasteiger partial charge in [0.05, 0.1) is 17.5 Å². The maximum atomic E-state index is 12.2. The van der Waals surface area contributed by atoms with Crippen LogP contribution in [-0.4, -0.2) is 32.9 Å². The van der Waals surface area contributed by atoms with Crippen LogP contribution < -0.4 is 11.1 Å². The fourth-order valence-electron chi connectivity index (χ4n) is 2.78. The highest BCUT2D eigenvalue weighted by molar-refractivity contribution is 5.97. The van der Waals surface area contributed by atoms with Gasteiger partial charge in [-0.1, -0.05) is 25.7 Å². The average Bonchev–Trinajstić information content (AvgIpc) is 2.67. The number of rotatable bonds is 4. The molecule has 0 atom stereocenters. The number of hydrogen-bond acceptors (Lipinski definition) is 4. The van der Waals surface area contributed by atoms with Crippen LogP contribution in [0.2, 0.25) is 0 Å². The van der Waals surface area contributed by atoms with Gasteiger partial charge >= 0.3 is 0 Å². The molecule has 0 spiro atoms. The molecule has 0 radical (unpaired) electrons. The Labute approximate surface area is 119 Å². The Morgan fingerprint density at radius 3 is 2.70 bits per heavy atom. The summed E-state index contributed by atoms with van der Waals surface area (Å²) in [6.07, 6.45) is 7.32. The summed E-state index contributed by atoms with van der Waals surface area (Å²) in [4.78, 5) is 12.2. The van der Waals surface area contributed by atoms with E-state index in [9.17, 15) is 9.90 Å². The number of carbonyl (C=O) groups is 1. The lowest BCUT2D eigenvalue weighted by atomic mass is 9.94. The number of aliphatic hydroxyl groups is 1. The van der Waals surface area contributed by atoms with Gasteiger partial charge in [0.2, 0.25) is 0 Å². The Morgan fingerprint density at radius 1 is 1.45 bits per heavy atom. The van der Waals surface area contributed by atoms with E-state index >= 15 is 0 Å². The highest BCUT2D eigenvalue weighted by Gasteiger charge is 2.29. The molecule has 1 aliphatic rings. The van der Waals surface area contributed by atoms with Crippen LogP contribution in [0.3, 0.4) is 0 Å². The van der Waals surface area contributed by atoms with Gasteiger partial charge in [-0.25, -0.2) is 0 Å².